The Balaban J connectivity index is 1.63. The molecule has 1 nitrogen and oxygen atoms in total. The van der Waals surface area contributed by atoms with E-state index in [2.05, 4.69) is 76.0 Å². The van der Waals surface area contributed by atoms with Crippen molar-refractivity contribution in [3.8, 4) is 0 Å². The van der Waals surface area contributed by atoms with Crippen molar-refractivity contribution in [3.05, 3.63) is 58.6 Å². The van der Waals surface area contributed by atoms with E-state index in [1.54, 1.807) is 11.8 Å². The van der Waals surface area contributed by atoms with Crippen molar-refractivity contribution in [1.29, 1.82) is 0 Å². The molecule has 3 rings (SSSR count). The zero-order valence-electron chi connectivity index (χ0n) is 11.5. The minimum atomic E-state index is 0.598. The molecule has 20 heavy (non-hydrogen) atoms. The lowest BCUT2D eigenvalue weighted by Crippen LogP contribution is -2.34. The number of nitrogens with one attached hydrogen (secondary N) is 1. The van der Waals surface area contributed by atoms with Crippen molar-refractivity contribution < 1.29 is 0 Å². The molecule has 3 heteroatoms. The molecule has 0 amide bonds. The minimum Gasteiger partial charge on any atom is -0.381 e. The Hall–Kier alpha value is -0.930. The van der Waals surface area contributed by atoms with Gasteiger partial charge in [-0.2, -0.15) is 0 Å². The summed E-state index contributed by atoms with van der Waals surface area (Å²) in [5.41, 5.74) is 2.72. The fourth-order valence-corrected chi connectivity index (χ4v) is 3.95. The fourth-order valence-electron chi connectivity index (χ4n) is 2.78. The van der Waals surface area contributed by atoms with Crippen LogP contribution >= 0.6 is 27.7 Å². The van der Waals surface area contributed by atoms with E-state index in [1.807, 2.05) is 0 Å². The summed E-state index contributed by atoms with van der Waals surface area (Å²) < 4.78 is 1.24. The van der Waals surface area contributed by atoms with Gasteiger partial charge in [-0.3, -0.25) is 0 Å². The quantitative estimate of drug-likeness (QED) is 0.729. The molecule has 0 heterocycles. The van der Waals surface area contributed by atoms with Crippen LogP contribution in [0.2, 0.25) is 0 Å². The van der Waals surface area contributed by atoms with Gasteiger partial charge in [0.05, 0.1) is 0 Å². The third-order valence-electron chi connectivity index (χ3n) is 3.95. The molecular weight excluding hydrogens is 330 g/mol. The van der Waals surface area contributed by atoms with E-state index < -0.39 is 0 Å². The van der Waals surface area contributed by atoms with E-state index in [0.29, 0.717) is 12.0 Å². The van der Waals surface area contributed by atoms with Crippen molar-refractivity contribution in [2.75, 3.05) is 11.6 Å². The predicted molar refractivity (Wildman–Crippen MR) is 91.8 cm³/mol. The van der Waals surface area contributed by atoms with Crippen LogP contribution in [0.3, 0.4) is 0 Å². The summed E-state index contributed by atoms with van der Waals surface area (Å²) in [5.74, 6) is 0.685. The highest BCUT2D eigenvalue weighted by molar-refractivity contribution is 9.10. The van der Waals surface area contributed by atoms with Crippen molar-refractivity contribution in [2.24, 2.45) is 0 Å². The molecule has 1 saturated carbocycles. The van der Waals surface area contributed by atoms with Crippen molar-refractivity contribution in [2.45, 2.75) is 29.7 Å². The summed E-state index contributed by atoms with van der Waals surface area (Å²) >= 11 is 5.46. The normalized spacial score (nSPS) is 21.3. The SMILES string of the molecule is CSc1ccccc1NC1CC(c2ccccc2Br)C1. The molecule has 0 bridgehead atoms. The van der Waals surface area contributed by atoms with Crippen LogP contribution < -0.4 is 5.32 Å². The smallest absolute Gasteiger partial charge is 0.0480 e. The van der Waals surface area contributed by atoms with Crippen LogP contribution in [0.5, 0.6) is 0 Å². The molecule has 1 fully saturated rings. The van der Waals surface area contributed by atoms with Crippen LogP contribution in [-0.2, 0) is 0 Å². The van der Waals surface area contributed by atoms with E-state index in [9.17, 15) is 0 Å². The van der Waals surface area contributed by atoms with Gasteiger partial charge in [-0.15, -0.1) is 11.8 Å². The van der Waals surface area contributed by atoms with Gasteiger partial charge in [0.1, 0.15) is 0 Å². The molecule has 0 unspecified atom stereocenters. The molecule has 0 radical (unpaired) electrons. The summed E-state index contributed by atoms with van der Waals surface area (Å²) in [6, 6.07) is 17.7. The summed E-state index contributed by atoms with van der Waals surface area (Å²) in [6.45, 7) is 0. The van der Waals surface area contributed by atoms with Gasteiger partial charge in [0.2, 0.25) is 0 Å². The first-order valence-electron chi connectivity index (χ1n) is 6.92. The van der Waals surface area contributed by atoms with Gasteiger partial charge in [-0.25, -0.2) is 0 Å². The van der Waals surface area contributed by atoms with Gasteiger partial charge in [0.15, 0.2) is 0 Å². The summed E-state index contributed by atoms with van der Waals surface area (Å²) in [6.07, 6.45) is 4.56. The average molecular weight is 348 g/mol. The number of halogens is 1. The Labute approximate surface area is 133 Å². The first-order valence-corrected chi connectivity index (χ1v) is 8.93. The molecule has 0 atom stereocenters. The Morgan fingerprint density at radius 1 is 1.05 bits per heavy atom. The van der Waals surface area contributed by atoms with Crippen LogP contribution in [0, 0.1) is 0 Å². The number of rotatable bonds is 4. The van der Waals surface area contributed by atoms with Crippen molar-refractivity contribution in [1.82, 2.24) is 0 Å². The van der Waals surface area contributed by atoms with Gasteiger partial charge < -0.3 is 5.32 Å². The number of benzene rings is 2. The van der Waals surface area contributed by atoms with Gasteiger partial charge >= 0.3 is 0 Å². The number of para-hydroxylation sites is 1. The van der Waals surface area contributed by atoms with E-state index in [4.69, 9.17) is 0 Å². The van der Waals surface area contributed by atoms with Crippen LogP contribution in [0.25, 0.3) is 0 Å². The summed E-state index contributed by atoms with van der Waals surface area (Å²) in [7, 11) is 0. The lowest BCUT2D eigenvalue weighted by Gasteiger charge is -2.37. The standard InChI is InChI=1S/C17H18BrNS/c1-20-17-9-5-4-8-16(17)19-13-10-12(11-13)14-6-2-3-7-15(14)18/h2-9,12-13,19H,10-11H2,1H3. The number of hydrogen-bond acceptors (Lipinski definition) is 2. The van der Waals surface area contributed by atoms with Crippen LogP contribution in [0.1, 0.15) is 24.3 Å². The molecule has 0 aliphatic heterocycles. The maximum Gasteiger partial charge on any atom is 0.0480 e. The molecule has 2 aromatic rings. The van der Waals surface area contributed by atoms with Gasteiger partial charge in [0.25, 0.3) is 0 Å². The average Bonchev–Trinajstić information content (AvgIpc) is 2.44. The summed E-state index contributed by atoms with van der Waals surface area (Å²) in [4.78, 5) is 1.33. The van der Waals surface area contributed by atoms with Gasteiger partial charge in [-0.1, -0.05) is 46.3 Å². The first kappa shape index (κ1) is 14.0. The number of hydrogen-bond donors (Lipinski definition) is 1. The zero-order valence-corrected chi connectivity index (χ0v) is 13.9. The molecule has 104 valence electrons. The molecule has 1 aliphatic rings. The highest BCUT2D eigenvalue weighted by atomic mass is 79.9. The highest BCUT2D eigenvalue weighted by Crippen LogP contribution is 2.42. The van der Waals surface area contributed by atoms with Crippen LogP contribution in [0.4, 0.5) is 5.69 Å². The molecule has 0 aromatic heterocycles. The molecule has 1 N–H and O–H groups in total. The molecular formula is C17H18BrNS. The zero-order chi connectivity index (χ0) is 13.9. The van der Waals surface area contributed by atoms with E-state index in [0.717, 1.165) is 0 Å². The maximum absolute atomic E-state index is 3.68. The lowest BCUT2D eigenvalue weighted by atomic mass is 9.76. The van der Waals surface area contributed by atoms with Crippen molar-refractivity contribution in [3.63, 3.8) is 0 Å². The summed E-state index contributed by atoms with van der Waals surface area (Å²) in [5, 5.41) is 3.68. The largest absolute Gasteiger partial charge is 0.381 e. The molecule has 2 aromatic carbocycles. The second-order valence-electron chi connectivity index (χ2n) is 5.23. The monoisotopic (exact) mass is 347 g/mol. The highest BCUT2D eigenvalue weighted by Gasteiger charge is 2.31. The second-order valence-corrected chi connectivity index (χ2v) is 6.93. The van der Waals surface area contributed by atoms with E-state index >= 15 is 0 Å². The van der Waals surface area contributed by atoms with Crippen LogP contribution in [-0.4, -0.2) is 12.3 Å². The minimum absolute atomic E-state index is 0.598. The van der Waals surface area contributed by atoms with Crippen LogP contribution in [0.15, 0.2) is 57.9 Å². The fraction of sp³-hybridized carbons (Fsp3) is 0.294. The lowest BCUT2D eigenvalue weighted by molar-refractivity contribution is 0.372. The van der Waals surface area contributed by atoms with Gasteiger partial charge in [0, 0.05) is 21.1 Å². The Morgan fingerprint density at radius 2 is 1.75 bits per heavy atom. The second kappa shape index (κ2) is 6.23. The Kier molecular flexibility index (Phi) is 4.37. The number of anilines is 1. The maximum atomic E-state index is 3.68. The van der Waals surface area contributed by atoms with Crippen molar-refractivity contribution >= 4 is 33.4 Å². The predicted octanol–water partition coefficient (Wildman–Crippen LogP) is 5.53. The van der Waals surface area contributed by atoms with E-state index in [-0.39, 0.29) is 0 Å². The van der Waals surface area contributed by atoms with Gasteiger partial charge in [-0.05, 0) is 48.8 Å². The Morgan fingerprint density at radius 3 is 2.50 bits per heavy atom. The first-order chi connectivity index (χ1) is 9.78. The molecule has 1 aliphatic carbocycles. The third kappa shape index (κ3) is 2.89. The number of thioether (sulfide) groups is 1. The Bertz CT molecular complexity index is 593. The van der Waals surface area contributed by atoms with E-state index in [1.165, 1.54) is 33.5 Å². The molecule has 0 saturated heterocycles. The molecule has 0 spiro atoms. The third-order valence-corrected chi connectivity index (χ3v) is 5.47. The topological polar surface area (TPSA) is 12.0 Å².